The minimum absolute atomic E-state index is 0.134. The number of fused-ring (bicyclic) bond motifs is 1. The second kappa shape index (κ2) is 10.3. The highest BCUT2D eigenvalue weighted by Crippen LogP contribution is 2.38. The predicted octanol–water partition coefficient (Wildman–Crippen LogP) is 3.24. The Kier molecular flexibility index (Phi) is 7.07. The van der Waals surface area contributed by atoms with Crippen LogP contribution in [0.15, 0.2) is 42.9 Å². The van der Waals surface area contributed by atoms with E-state index < -0.39 is 41.8 Å². The fourth-order valence-corrected chi connectivity index (χ4v) is 5.26. The zero-order valence-corrected chi connectivity index (χ0v) is 21.5. The highest BCUT2D eigenvalue weighted by atomic mass is 19.4. The van der Waals surface area contributed by atoms with Crippen molar-refractivity contribution in [1.82, 2.24) is 24.9 Å². The van der Waals surface area contributed by atoms with Crippen molar-refractivity contribution in [3.63, 3.8) is 0 Å². The van der Waals surface area contributed by atoms with Crippen molar-refractivity contribution in [2.45, 2.75) is 56.4 Å². The maximum Gasteiger partial charge on any atom is 0.463 e. The Morgan fingerprint density at radius 1 is 1.07 bits per heavy atom. The molecule has 1 unspecified atom stereocenters. The van der Waals surface area contributed by atoms with Crippen molar-refractivity contribution in [3.8, 4) is 0 Å². The van der Waals surface area contributed by atoms with Crippen LogP contribution in [0.1, 0.15) is 58.0 Å². The lowest BCUT2D eigenvalue weighted by atomic mass is 10.0. The lowest BCUT2D eigenvalue weighted by Crippen LogP contribution is -2.54. The Bertz CT molecular complexity index is 1430. The van der Waals surface area contributed by atoms with Gasteiger partial charge in [0.05, 0.1) is 23.4 Å². The molecule has 2 N–H and O–H groups in total. The molecule has 0 bridgehead atoms. The molecule has 3 aliphatic rings. The summed E-state index contributed by atoms with van der Waals surface area (Å²) >= 11 is 0. The van der Waals surface area contributed by atoms with Crippen molar-refractivity contribution >= 4 is 29.3 Å². The van der Waals surface area contributed by atoms with Gasteiger partial charge in [0.1, 0.15) is 6.04 Å². The van der Waals surface area contributed by atoms with Crippen LogP contribution in [0, 0.1) is 0 Å². The van der Waals surface area contributed by atoms with Crippen LogP contribution in [0.3, 0.4) is 0 Å². The van der Waals surface area contributed by atoms with Gasteiger partial charge < -0.3 is 15.5 Å². The zero-order valence-electron chi connectivity index (χ0n) is 21.5. The fourth-order valence-electron chi connectivity index (χ4n) is 5.26. The van der Waals surface area contributed by atoms with Gasteiger partial charge in [-0.25, -0.2) is 0 Å². The van der Waals surface area contributed by atoms with Crippen molar-refractivity contribution in [2.75, 3.05) is 18.4 Å². The number of halogens is 5. The molecule has 1 aromatic carbocycles. The molecule has 41 heavy (non-hydrogen) atoms. The van der Waals surface area contributed by atoms with Gasteiger partial charge in [-0.05, 0) is 37.8 Å². The molecular formula is C26H25F5N6O4. The second-order valence-corrected chi connectivity index (χ2v) is 10.1. The molecule has 10 nitrogen and oxygen atoms in total. The fraction of sp³-hybridized carbons (Fsp3) is 0.423. The molecule has 1 aromatic heterocycles. The number of aromatic nitrogens is 2. The first-order valence-electron chi connectivity index (χ1n) is 12.8. The Hall–Kier alpha value is -4.30. The van der Waals surface area contributed by atoms with Crippen molar-refractivity contribution in [3.05, 3.63) is 59.6 Å². The number of amides is 4. The number of piperidine rings is 2. The quantitative estimate of drug-likeness (QED) is 0.401. The summed E-state index contributed by atoms with van der Waals surface area (Å²) in [5.74, 6) is -9.32. The van der Waals surface area contributed by atoms with E-state index in [9.17, 15) is 41.1 Å². The maximum absolute atomic E-state index is 13.4. The Labute approximate surface area is 230 Å². The molecule has 0 saturated carbocycles. The number of imide groups is 1. The summed E-state index contributed by atoms with van der Waals surface area (Å²) in [6.45, 7) is 3.34. The molecule has 1 atom stereocenters. The van der Waals surface area contributed by atoms with Crippen LogP contribution in [0.4, 0.5) is 27.6 Å². The molecule has 0 spiro atoms. The molecule has 3 aliphatic heterocycles. The first-order valence-corrected chi connectivity index (χ1v) is 12.8. The van der Waals surface area contributed by atoms with E-state index in [1.807, 2.05) is 0 Å². The molecule has 0 aliphatic carbocycles. The number of carbonyl (C=O) groups is 4. The number of alkyl halides is 5. The Morgan fingerprint density at radius 2 is 1.78 bits per heavy atom. The predicted molar refractivity (Wildman–Crippen MR) is 133 cm³/mol. The van der Waals surface area contributed by atoms with E-state index in [0.717, 1.165) is 4.90 Å². The summed E-state index contributed by atoms with van der Waals surface area (Å²) in [6.07, 6.45) is -1.78. The van der Waals surface area contributed by atoms with Crippen LogP contribution in [0.25, 0.3) is 0 Å². The van der Waals surface area contributed by atoms with Crippen molar-refractivity contribution in [2.24, 2.45) is 0 Å². The number of likely N-dealkylation sites (tertiary alicyclic amines) is 1. The van der Waals surface area contributed by atoms with E-state index in [1.54, 1.807) is 23.0 Å². The molecule has 15 heteroatoms. The Morgan fingerprint density at radius 3 is 2.44 bits per heavy atom. The number of hydrogen-bond donors (Lipinski definition) is 2. The summed E-state index contributed by atoms with van der Waals surface area (Å²) in [6, 6.07) is 3.49. The first kappa shape index (κ1) is 28.2. The number of anilines is 1. The van der Waals surface area contributed by atoms with Crippen LogP contribution < -0.4 is 10.6 Å². The largest absolute Gasteiger partial charge is 0.463 e. The topological polar surface area (TPSA) is 117 Å². The van der Waals surface area contributed by atoms with Crippen LogP contribution in [-0.4, -0.2) is 74.4 Å². The van der Waals surface area contributed by atoms with Gasteiger partial charge in [-0.1, -0.05) is 12.6 Å². The van der Waals surface area contributed by atoms with Crippen LogP contribution in [-0.2, 0) is 16.1 Å². The third-order valence-electron chi connectivity index (χ3n) is 7.47. The number of nitrogens with zero attached hydrogens (tertiary/aromatic N) is 4. The maximum atomic E-state index is 13.4. The standard InChI is InChI=1S/C26H25F5N6O4/c1-14-5-6-19(21(38)34-14)37-22(39)17-3-2-4-18(20(17)23(37)40)32-11-15-12-33-36(13-15)16-7-9-35(10-8-16)24(41)25(27,28)26(29,30)31/h2-4,12-13,16,19,32H,1,5-11H2,(H,34,38). The number of rotatable bonds is 6. The molecular weight excluding hydrogens is 555 g/mol. The van der Waals surface area contributed by atoms with Gasteiger partial charge in [-0.2, -0.15) is 27.1 Å². The van der Waals surface area contributed by atoms with Gasteiger partial charge in [-0.15, -0.1) is 0 Å². The number of nitrogens with one attached hydrogen (secondary N) is 2. The molecule has 218 valence electrons. The third-order valence-corrected chi connectivity index (χ3v) is 7.47. The van der Waals surface area contributed by atoms with E-state index in [0.29, 0.717) is 28.3 Å². The SMILES string of the molecule is C=C1CCC(N2C(=O)c3cccc(NCc4cnn(C5CCN(C(=O)C(F)(F)C(F)(F)F)CC5)c4)c3C2=O)C(=O)N1. The van der Waals surface area contributed by atoms with Gasteiger partial charge in [0, 0.05) is 42.8 Å². The summed E-state index contributed by atoms with van der Waals surface area (Å²) in [5.41, 5.74) is 1.89. The zero-order chi connectivity index (χ0) is 29.7. The van der Waals surface area contributed by atoms with E-state index in [1.165, 1.54) is 12.3 Å². The average Bonchev–Trinajstić information content (AvgIpc) is 3.50. The van der Waals surface area contributed by atoms with Gasteiger partial charge >= 0.3 is 18.0 Å². The van der Waals surface area contributed by atoms with Gasteiger partial charge in [-0.3, -0.25) is 28.8 Å². The van der Waals surface area contributed by atoms with E-state index in [4.69, 9.17) is 0 Å². The van der Waals surface area contributed by atoms with E-state index in [-0.39, 0.29) is 56.1 Å². The lowest BCUT2D eigenvalue weighted by molar-refractivity contribution is -0.274. The molecule has 5 rings (SSSR count). The number of allylic oxidation sites excluding steroid dienone is 1. The van der Waals surface area contributed by atoms with Crippen molar-refractivity contribution < 1.29 is 41.1 Å². The normalized spacial score (nSPS) is 20.4. The van der Waals surface area contributed by atoms with E-state index >= 15 is 0 Å². The van der Waals surface area contributed by atoms with E-state index in [2.05, 4.69) is 22.3 Å². The minimum Gasteiger partial charge on any atom is -0.380 e. The summed E-state index contributed by atoms with van der Waals surface area (Å²) in [5, 5.41) is 9.96. The monoisotopic (exact) mass is 580 g/mol. The highest BCUT2D eigenvalue weighted by molar-refractivity contribution is 6.25. The smallest absolute Gasteiger partial charge is 0.380 e. The summed E-state index contributed by atoms with van der Waals surface area (Å²) in [7, 11) is 0. The number of carbonyl (C=O) groups excluding carboxylic acids is 4. The van der Waals surface area contributed by atoms with Gasteiger partial charge in [0.25, 0.3) is 11.8 Å². The molecule has 2 fully saturated rings. The average molecular weight is 581 g/mol. The number of benzene rings is 1. The molecule has 2 saturated heterocycles. The van der Waals surface area contributed by atoms with Crippen molar-refractivity contribution in [1.29, 1.82) is 0 Å². The molecule has 4 amide bonds. The minimum atomic E-state index is -5.96. The lowest BCUT2D eigenvalue weighted by Gasteiger charge is -2.34. The first-order chi connectivity index (χ1) is 19.3. The van der Waals surface area contributed by atoms with Gasteiger partial charge in [0.15, 0.2) is 0 Å². The third kappa shape index (κ3) is 5.04. The molecule has 0 radical (unpaired) electrons. The number of hydrogen-bond acceptors (Lipinski definition) is 6. The van der Waals surface area contributed by atoms with Crippen LogP contribution >= 0.6 is 0 Å². The van der Waals surface area contributed by atoms with Gasteiger partial charge in [0.2, 0.25) is 5.91 Å². The summed E-state index contributed by atoms with van der Waals surface area (Å²) < 4.78 is 66.1. The van der Waals surface area contributed by atoms with Crippen LogP contribution in [0.5, 0.6) is 0 Å². The highest BCUT2D eigenvalue weighted by Gasteiger charge is 2.64. The summed E-state index contributed by atoms with van der Waals surface area (Å²) in [4.78, 5) is 52.0. The second-order valence-electron chi connectivity index (χ2n) is 10.1. The molecule has 4 heterocycles. The molecule has 2 aromatic rings. The Balaban J connectivity index is 1.22. The van der Waals surface area contributed by atoms with Crippen LogP contribution in [0.2, 0.25) is 0 Å².